The molecular formula is C16H21BrN2O2. The van der Waals surface area contributed by atoms with Crippen LogP contribution in [0.4, 0.5) is 0 Å². The summed E-state index contributed by atoms with van der Waals surface area (Å²) in [5.41, 5.74) is -0.120. The number of unbranched alkanes of at least 4 members (excludes halogenated alkanes) is 1. The van der Waals surface area contributed by atoms with Crippen LogP contribution in [-0.2, 0) is 4.79 Å². The Hall–Kier alpha value is -1.36. The first-order chi connectivity index (χ1) is 10.0. The van der Waals surface area contributed by atoms with E-state index in [2.05, 4.69) is 28.2 Å². The topological polar surface area (TPSA) is 49.4 Å². The second-order valence-electron chi connectivity index (χ2n) is 5.57. The summed E-state index contributed by atoms with van der Waals surface area (Å²) in [6, 6.07) is 7.32. The Morgan fingerprint density at radius 2 is 2.10 bits per heavy atom. The van der Waals surface area contributed by atoms with Gasteiger partial charge in [-0.25, -0.2) is 0 Å². The summed E-state index contributed by atoms with van der Waals surface area (Å²) in [6.07, 6.45) is 2.71. The number of halogens is 1. The molecule has 114 valence electrons. The average Bonchev–Trinajstić information content (AvgIpc) is 2.45. The number of nitrogens with zero attached hydrogens (tertiary/aromatic N) is 1. The molecule has 0 aliphatic carbocycles. The molecular weight excluding hydrogens is 332 g/mol. The van der Waals surface area contributed by atoms with Crippen molar-refractivity contribution in [3.05, 3.63) is 34.3 Å². The van der Waals surface area contributed by atoms with E-state index in [1.54, 1.807) is 11.0 Å². The molecule has 5 heteroatoms. The van der Waals surface area contributed by atoms with Gasteiger partial charge in [0.05, 0.1) is 5.56 Å². The van der Waals surface area contributed by atoms with Crippen LogP contribution in [0.3, 0.4) is 0 Å². The molecule has 0 radical (unpaired) electrons. The monoisotopic (exact) mass is 352 g/mol. The van der Waals surface area contributed by atoms with E-state index in [1.807, 2.05) is 25.1 Å². The predicted molar refractivity (Wildman–Crippen MR) is 86.1 cm³/mol. The lowest BCUT2D eigenvalue weighted by Crippen LogP contribution is -2.67. The van der Waals surface area contributed by atoms with Gasteiger partial charge in [-0.2, -0.15) is 0 Å². The summed E-state index contributed by atoms with van der Waals surface area (Å²) in [5.74, 6) is -0.149. The quantitative estimate of drug-likeness (QED) is 0.828. The van der Waals surface area contributed by atoms with Gasteiger partial charge in [0.15, 0.2) is 0 Å². The molecule has 1 heterocycles. The zero-order valence-corrected chi connectivity index (χ0v) is 14.1. The number of hydrogen-bond acceptors (Lipinski definition) is 2. The summed E-state index contributed by atoms with van der Waals surface area (Å²) >= 11 is 3.40. The summed E-state index contributed by atoms with van der Waals surface area (Å²) in [6.45, 7) is 5.21. The SMILES string of the molecule is CCCCNC(=O)C1(C)CCN1C(=O)c1ccccc1Br. The van der Waals surface area contributed by atoms with Crippen LogP contribution in [0.5, 0.6) is 0 Å². The van der Waals surface area contributed by atoms with Crippen LogP contribution in [0, 0.1) is 0 Å². The molecule has 1 aromatic rings. The lowest BCUT2D eigenvalue weighted by Gasteiger charge is -2.49. The Labute approximate surface area is 134 Å². The van der Waals surface area contributed by atoms with Gasteiger partial charge >= 0.3 is 0 Å². The molecule has 1 aromatic carbocycles. The molecule has 2 rings (SSSR count). The first kappa shape index (κ1) is 16.0. The molecule has 0 aromatic heterocycles. The Balaban J connectivity index is 2.09. The van der Waals surface area contributed by atoms with E-state index in [0.717, 1.165) is 17.3 Å². The number of hydrogen-bond donors (Lipinski definition) is 1. The molecule has 21 heavy (non-hydrogen) atoms. The number of carbonyl (C=O) groups is 2. The second-order valence-corrected chi connectivity index (χ2v) is 6.42. The minimum absolute atomic E-state index is 0.0531. The molecule has 1 unspecified atom stereocenters. The Kier molecular flexibility index (Phi) is 5.04. The number of amides is 2. The van der Waals surface area contributed by atoms with Gasteiger partial charge in [-0.1, -0.05) is 25.5 Å². The third-order valence-electron chi connectivity index (χ3n) is 4.07. The van der Waals surface area contributed by atoms with Crippen molar-refractivity contribution in [2.24, 2.45) is 0 Å². The van der Waals surface area contributed by atoms with E-state index in [1.165, 1.54) is 0 Å². The first-order valence-corrected chi connectivity index (χ1v) is 8.15. The highest BCUT2D eigenvalue weighted by atomic mass is 79.9. The maximum Gasteiger partial charge on any atom is 0.255 e. The van der Waals surface area contributed by atoms with Crippen LogP contribution < -0.4 is 5.32 Å². The minimum Gasteiger partial charge on any atom is -0.354 e. The predicted octanol–water partition coefficient (Wildman–Crippen LogP) is 2.97. The minimum atomic E-state index is -0.722. The van der Waals surface area contributed by atoms with E-state index < -0.39 is 5.54 Å². The number of nitrogens with one attached hydrogen (secondary N) is 1. The van der Waals surface area contributed by atoms with Crippen molar-refractivity contribution in [2.75, 3.05) is 13.1 Å². The lowest BCUT2D eigenvalue weighted by molar-refractivity contribution is -0.137. The van der Waals surface area contributed by atoms with E-state index >= 15 is 0 Å². The largest absolute Gasteiger partial charge is 0.354 e. The second kappa shape index (κ2) is 6.60. The van der Waals surface area contributed by atoms with E-state index in [4.69, 9.17) is 0 Å². The van der Waals surface area contributed by atoms with Crippen LogP contribution >= 0.6 is 15.9 Å². The fourth-order valence-electron chi connectivity index (χ4n) is 2.47. The number of benzene rings is 1. The molecule has 0 bridgehead atoms. The van der Waals surface area contributed by atoms with Crippen LogP contribution in [-0.4, -0.2) is 35.3 Å². The molecule has 1 aliphatic heterocycles. The molecule has 0 saturated carbocycles. The molecule has 4 nitrogen and oxygen atoms in total. The van der Waals surface area contributed by atoms with Crippen molar-refractivity contribution >= 4 is 27.7 Å². The van der Waals surface area contributed by atoms with Gasteiger partial charge in [0.25, 0.3) is 5.91 Å². The molecule has 1 N–H and O–H groups in total. The molecule has 1 aliphatic rings. The van der Waals surface area contributed by atoms with E-state index in [9.17, 15) is 9.59 Å². The Bertz CT molecular complexity index is 547. The average molecular weight is 353 g/mol. The van der Waals surface area contributed by atoms with Crippen molar-refractivity contribution in [3.8, 4) is 0 Å². The van der Waals surface area contributed by atoms with Crippen molar-refractivity contribution in [2.45, 2.75) is 38.6 Å². The molecule has 0 spiro atoms. The van der Waals surface area contributed by atoms with Crippen LogP contribution in [0.1, 0.15) is 43.5 Å². The van der Waals surface area contributed by atoms with Crippen molar-refractivity contribution < 1.29 is 9.59 Å². The standard InChI is InChI=1S/C16H21BrN2O2/c1-3-4-10-18-15(21)16(2)9-11-19(16)14(20)12-7-5-6-8-13(12)17/h5-8H,3-4,9-11H2,1-2H3,(H,18,21). The number of rotatable bonds is 5. The summed E-state index contributed by atoms with van der Waals surface area (Å²) in [4.78, 5) is 26.6. The third kappa shape index (κ3) is 3.12. The van der Waals surface area contributed by atoms with Gasteiger partial charge in [-0.3, -0.25) is 9.59 Å². The molecule has 1 saturated heterocycles. The molecule has 1 atom stereocenters. The van der Waals surface area contributed by atoms with Gasteiger partial charge in [0.1, 0.15) is 5.54 Å². The smallest absolute Gasteiger partial charge is 0.255 e. The van der Waals surface area contributed by atoms with Gasteiger partial charge < -0.3 is 10.2 Å². The van der Waals surface area contributed by atoms with Crippen molar-refractivity contribution in [1.82, 2.24) is 10.2 Å². The van der Waals surface area contributed by atoms with Gasteiger partial charge in [-0.05, 0) is 47.8 Å². The number of carbonyl (C=O) groups excluding carboxylic acids is 2. The highest BCUT2D eigenvalue weighted by molar-refractivity contribution is 9.10. The summed E-state index contributed by atoms with van der Waals surface area (Å²) in [7, 11) is 0. The Morgan fingerprint density at radius 3 is 2.67 bits per heavy atom. The summed E-state index contributed by atoms with van der Waals surface area (Å²) in [5, 5.41) is 2.93. The van der Waals surface area contributed by atoms with Gasteiger partial charge in [0, 0.05) is 17.6 Å². The zero-order chi connectivity index (χ0) is 15.5. The Morgan fingerprint density at radius 1 is 1.38 bits per heavy atom. The fraction of sp³-hybridized carbons (Fsp3) is 0.500. The fourth-order valence-corrected chi connectivity index (χ4v) is 2.92. The van der Waals surface area contributed by atoms with Gasteiger partial charge in [-0.15, -0.1) is 0 Å². The molecule has 2 amide bonds. The zero-order valence-electron chi connectivity index (χ0n) is 12.5. The lowest BCUT2D eigenvalue weighted by atomic mass is 9.84. The van der Waals surface area contributed by atoms with Crippen LogP contribution in [0.15, 0.2) is 28.7 Å². The van der Waals surface area contributed by atoms with Crippen molar-refractivity contribution in [1.29, 1.82) is 0 Å². The van der Waals surface area contributed by atoms with E-state index in [-0.39, 0.29) is 11.8 Å². The van der Waals surface area contributed by atoms with E-state index in [0.29, 0.717) is 25.1 Å². The van der Waals surface area contributed by atoms with Gasteiger partial charge in [0.2, 0.25) is 5.91 Å². The summed E-state index contributed by atoms with van der Waals surface area (Å²) < 4.78 is 0.760. The normalized spacial score (nSPS) is 20.8. The van der Waals surface area contributed by atoms with Crippen molar-refractivity contribution in [3.63, 3.8) is 0 Å². The highest BCUT2D eigenvalue weighted by Gasteiger charge is 2.49. The maximum atomic E-state index is 12.6. The highest BCUT2D eigenvalue weighted by Crippen LogP contribution is 2.33. The van der Waals surface area contributed by atoms with Crippen LogP contribution in [0.25, 0.3) is 0 Å². The number of likely N-dealkylation sites (tertiary alicyclic amines) is 1. The maximum absolute atomic E-state index is 12.6. The molecule has 1 fully saturated rings. The third-order valence-corrected chi connectivity index (χ3v) is 4.76. The first-order valence-electron chi connectivity index (χ1n) is 7.35. The van der Waals surface area contributed by atoms with Crippen LogP contribution in [0.2, 0.25) is 0 Å².